The molecule has 2 aromatic rings. The van der Waals surface area contributed by atoms with E-state index in [1.807, 2.05) is 0 Å². The van der Waals surface area contributed by atoms with Crippen LogP contribution in [0.5, 0.6) is 0 Å². The molecule has 2 amide bonds. The molecule has 0 N–H and O–H groups in total. The summed E-state index contributed by atoms with van der Waals surface area (Å²) in [7, 11) is 0. The van der Waals surface area contributed by atoms with Gasteiger partial charge in [0.25, 0.3) is 11.8 Å². The van der Waals surface area contributed by atoms with Crippen molar-refractivity contribution in [3.8, 4) is 0 Å². The first-order valence-corrected chi connectivity index (χ1v) is 9.52. The molecule has 0 bridgehead atoms. The third-order valence-corrected chi connectivity index (χ3v) is 5.12. The van der Waals surface area contributed by atoms with Gasteiger partial charge in [-0.05, 0) is 55.3 Å². The monoisotopic (exact) mass is 411 g/mol. The van der Waals surface area contributed by atoms with Crippen molar-refractivity contribution >= 4 is 23.6 Å². The predicted molar refractivity (Wildman–Crippen MR) is 102 cm³/mol. The van der Waals surface area contributed by atoms with Gasteiger partial charge in [-0.15, -0.1) is 0 Å². The van der Waals surface area contributed by atoms with Crippen LogP contribution in [0.25, 0.3) is 0 Å². The van der Waals surface area contributed by atoms with Crippen molar-refractivity contribution in [1.29, 1.82) is 0 Å². The number of ketones is 1. The number of rotatable bonds is 6. The number of halogens is 1. The molecule has 2 aromatic carbocycles. The van der Waals surface area contributed by atoms with E-state index < -0.39 is 36.0 Å². The lowest BCUT2D eigenvalue weighted by atomic mass is 10.1. The fraction of sp³-hybridized carbons (Fsp3) is 0.273. The van der Waals surface area contributed by atoms with Crippen LogP contribution in [0.15, 0.2) is 42.5 Å². The Labute approximate surface area is 171 Å². The fourth-order valence-electron chi connectivity index (χ4n) is 3.51. The average Bonchev–Trinajstić information content (AvgIpc) is 3.35. The Morgan fingerprint density at radius 1 is 1.03 bits per heavy atom. The first-order valence-electron chi connectivity index (χ1n) is 9.52. The molecule has 1 unspecified atom stereocenters. The summed E-state index contributed by atoms with van der Waals surface area (Å²) >= 11 is 0. The van der Waals surface area contributed by atoms with E-state index in [0.29, 0.717) is 6.61 Å². The lowest BCUT2D eigenvalue weighted by Gasteiger charge is -2.17. The molecule has 0 aromatic heterocycles. The first-order chi connectivity index (χ1) is 14.4. The van der Waals surface area contributed by atoms with Gasteiger partial charge < -0.3 is 9.47 Å². The minimum absolute atomic E-state index is 0.0563. The predicted octanol–water partition coefficient (Wildman–Crippen LogP) is 2.64. The number of carbonyl (C=O) groups is 4. The third-order valence-electron chi connectivity index (χ3n) is 5.12. The molecule has 1 saturated heterocycles. The highest BCUT2D eigenvalue weighted by atomic mass is 19.1. The van der Waals surface area contributed by atoms with Crippen LogP contribution >= 0.6 is 0 Å². The van der Waals surface area contributed by atoms with E-state index in [4.69, 9.17) is 9.47 Å². The van der Waals surface area contributed by atoms with Gasteiger partial charge >= 0.3 is 5.97 Å². The summed E-state index contributed by atoms with van der Waals surface area (Å²) in [4.78, 5) is 50.7. The summed E-state index contributed by atoms with van der Waals surface area (Å²) in [5, 5.41) is 0. The van der Waals surface area contributed by atoms with Crippen molar-refractivity contribution < 1.29 is 33.0 Å². The molecule has 1 fully saturated rings. The topological polar surface area (TPSA) is 90.0 Å². The molecule has 0 radical (unpaired) electrons. The highest BCUT2D eigenvalue weighted by Crippen LogP contribution is 2.26. The lowest BCUT2D eigenvalue weighted by molar-refractivity contribution is 0.0473. The number of Topliss-reactive ketones (excluding diaryl/α,β-unsaturated/α-hetero) is 1. The molecule has 0 aliphatic carbocycles. The standard InChI is InChI=1S/C22H18FNO6/c23-15-6-3-13(4-7-15)19(25)12-30-22(28)14-5-8-17-18(10-14)21(27)24(20(17)26)11-16-2-1-9-29-16/h3-8,10,16H,1-2,9,11-12H2. The molecule has 8 heteroatoms. The van der Waals surface area contributed by atoms with Gasteiger partial charge in [-0.2, -0.15) is 0 Å². The van der Waals surface area contributed by atoms with Gasteiger partial charge in [-0.1, -0.05) is 0 Å². The SMILES string of the molecule is O=C(COC(=O)c1ccc2c(c1)C(=O)N(CC1CCCO1)C2=O)c1ccc(F)cc1. The van der Waals surface area contributed by atoms with Crippen LogP contribution in [0.3, 0.4) is 0 Å². The number of esters is 1. The van der Waals surface area contributed by atoms with Crippen LogP contribution in [0.4, 0.5) is 4.39 Å². The van der Waals surface area contributed by atoms with Gasteiger partial charge in [0.2, 0.25) is 0 Å². The third kappa shape index (κ3) is 3.86. The smallest absolute Gasteiger partial charge is 0.338 e. The summed E-state index contributed by atoms with van der Waals surface area (Å²) in [6.07, 6.45) is 1.50. The maximum absolute atomic E-state index is 12.9. The van der Waals surface area contributed by atoms with Crippen LogP contribution in [0.2, 0.25) is 0 Å². The zero-order valence-electron chi connectivity index (χ0n) is 15.9. The van der Waals surface area contributed by atoms with Gasteiger partial charge in [-0.3, -0.25) is 19.3 Å². The molecule has 30 heavy (non-hydrogen) atoms. The van der Waals surface area contributed by atoms with Gasteiger partial charge in [0, 0.05) is 12.2 Å². The number of amides is 2. The molecule has 4 rings (SSSR count). The van der Waals surface area contributed by atoms with Crippen molar-refractivity contribution in [3.05, 3.63) is 70.5 Å². The van der Waals surface area contributed by atoms with E-state index in [2.05, 4.69) is 0 Å². The summed E-state index contributed by atoms with van der Waals surface area (Å²) in [5.41, 5.74) is 0.610. The number of benzene rings is 2. The Morgan fingerprint density at radius 3 is 2.43 bits per heavy atom. The van der Waals surface area contributed by atoms with E-state index >= 15 is 0 Å². The van der Waals surface area contributed by atoms with Gasteiger partial charge in [0.1, 0.15) is 5.82 Å². The molecule has 2 heterocycles. The fourth-order valence-corrected chi connectivity index (χ4v) is 3.51. The molecule has 7 nitrogen and oxygen atoms in total. The Kier molecular flexibility index (Phi) is 5.41. The van der Waals surface area contributed by atoms with E-state index in [9.17, 15) is 23.6 Å². The van der Waals surface area contributed by atoms with Gasteiger partial charge in [0.05, 0.1) is 29.3 Å². The van der Waals surface area contributed by atoms with Crippen LogP contribution in [0, 0.1) is 5.82 Å². The number of imide groups is 1. The van der Waals surface area contributed by atoms with Crippen molar-refractivity contribution in [2.24, 2.45) is 0 Å². The number of hydrogen-bond donors (Lipinski definition) is 0. The lowest BCUT2D eigenvalue weighted by Crippen LogP contribution is -2.36. The van der Waals surface area contributed by atoms with Crippen molar-refractivity contribution in [2.45, 2.75) is 18.9 Å². The van der Waals surface area contributed by atoms with E-state index in [0.717, 1.165) is 29.9 Å². The van der Waals surface area contributed by atoms with E-state index in [1.165, 1.54) is 30.3 Å². The number of carbonyl (C=O) groups excluding carboxylic acids is 4. The quantitative estimate of drug-likeness (QED) is 0.412. The summed E-state index contributed by atoms with van der Waals surface area (Å²) in [6, 6.07) is 8.96. The molecule has 1 atom stereocenters. The zero-order valence-corrected chi connectivity index (χ0v) is 15.9. The Bertz CT molecular complexity index is 1030. The van der Waals surface area contributed by atoms with Crippen LogP contribution in [-0.2, 0) is 9.47 Å². The van der Waals surface area contributed by atoms with Crippen LogP contribution in [0.1, 0.15) is 54.3 Å². The molecule has 2 aliphatic rings. The highest BCUT2D eigenvalue weighted by Gasteiger charge is 2.38. The second kappa shape index (κ2) is 8.16. The number of nitrogens with zero attached hydrogens (tertiary/aromatic N) is 1. The minimum atomic E-state index is -0.800. The van der Waals surface area contributed by atoms with Crippen molar-refractivity contribution in [3.63, 3.8) is 0 Å². The van der Waals surface area contributed by atoms with Crippen molar-refractivity contribution in [1.82, 2.24) is 4.90 Å². The van der Waals surface area contributed by atoms with Crippen LogP contribution < -0.4 is 0 Å². The van der Waals surface area contributed by atoms with E-state index in [-0.39, 0.29) is 34.9 Å². The van der Waals surface area contributed by atoms with Crippen LogP contribution in [-0.4, -0.2) is 54.3 Å². The van der Waals surface area contributed by atoms with E-state index in [1.54, 1.807) is 0 Å². The Morgan fingerprint density at radius 2 is 1.73 bits per heavy atom. The molecular formula is C22H18FNO6. The maximum atomic E-state index is 12.9. The Hall–Kier alpha value is -3.39. The van der Waals surface area contributed by atoms with Crippen molar-refractivity contribution in [2.75, 3.05) is 19.8 Å². The maximum Gasteiger partial charge on any atom is 0.338 e. The van der Waals surface area contributed by atoms with Gasteiger partial charge in [-0.25, -0.2) is 9.18 Å². The molecule has 0 spiro atoms. The Balaban J connectivity index is 1.43. The number of ether oxygens (including phenoxy) is 2. The van der Waals surface area contributed by atoms with Gasteiger partial charge in [0.15, 0.2) is 12.4 Å². The second-order valence-electron chi connectivity index (χ2n) is 7.12. The first kappa shape index (κ1) is 19.9. The number of hydrogen-bond acceptors (Lipinski definition) is 6. The second-order valence-corrected chi connectivity index (χ2v) is 7.12. The molecule has 0 saturated carbocycles. The number of fused-ring (bicyclic) bond motifs is 1. The molecule has 154 valence electrons. The zero-order chi connectivity index (χ0) is 21.3. The molecular weight excluding hydrogens is 393 g/mol. The summed E-state index contributed by atoms with van der Waals surface area (Å²) in [6.45, 7) is 0.262. The largest absolute Gasteiger partial charge is 0.454 e. The summed E-state index contributed by atoms with van der Waals surface area (Å²) in [5.74, 6) is -2.67. The minimum Gasteiger partial charge on any atom is -0.454 e. The summed E-state index contributed by atoms with van der Waals surface area (Å²) < 4.78 is 23.5. The average molecular weight is 411 g/mol. The highest BCUT2D eigenvalue weighted by molar-refractivity contribution is 6.22. The molecule has 2 aliphatic heterocycles. The normalized spacial score (nSPS) is 17.9.